The maximum Gasteiger partial charge on any atom is 0.278 e. The van der Waals surface area contributed by atoms with Crippen LogP contribution in [0.1, 0.15) is 17.0 Å². The number of hydrogen-bond donors (Lipinski definition) is 0. The number of rotatable bonds is 4. The first kappa shape index (κ1) is 15.2. The molecule has 4 aromatic rings. The summed E-state index contributed by atoms with van der Waals surface area (Å²) >= 11 is 0. The van der Waals surface area contributed by atoms with Crippen LogP contribution in [0, 0.1) is 13.8 Å². The molecule has 0 atom stereocenters. The van der Waals surface area contributed by atoms with Gasteiger partial charge in [-0.2, -0.15) is 10.1 Å². The lowest BCUT2D eigenvalue weighted by Gasteiger charge is -2.05. The highest BCUT2D eigenvalue weighted by molar-refractivity contribution is 5.58. The summed E-state index contributed by atoms with van der Waals surface area (Å²) in [6.07, 6.45) is 4.79. The molecule has 7 heteroatoms. The summed E-state index contributed by atoms with van der Waals surface area (Å²) in [4.78, 5) is 12.6. The van der Waals surface area contributed by atoms with Crippen molar-refractivity contribution in [2.75, 3.05) is 0 Å². The third-order valence-electron chi connectivity index (χ3n) is 3.83. The van der Waals surface area contributed by atoms with E-state index in [1.807, 2.05) is 29.8 Å². The normalized spacial score (nSPS) is 11.0. The number of benzene rings is 1. The molecule has 0 unspecified atom stereocenters. The second kappa shape index (κ2) is 6.27. The maximum atomic E-state index is 5.30. The molecule has 0 fully saturated rings. The van der Waals surface area contributed by atoms with Crippen molar-refractivity contribution in [1.29, 1.82) is 0 Å². The van der Waals surface area contributed by atoms with Gasteiger partial charge < -0.3 is 4.52 Å². The van der Waals surface area contributed by atoms with E-state index in [-0.39, 0.29) is 0 Å². The van der Waals surface area contributed by atoms with Crippen molar-refractivity contribution in [3.05, 3.63) is 65.9 Å². The summed E-state index contributed by atoms with van der Waals surface area (Å²) in [6, 6.07) is 10.1. The Morgan fingerprint density at radius 3 is 2.80 bits per heavy atom. The standard InChI is InChI=1S/C18H16N6O/c1-12-8-13(2)24(22-12)11-14-4-3-5-15(9-14)17-21-18(25-23-17)16-10-19-6-7-20-16/h3-10H,11H2,1-2H3. The molecule has 7 nitrogen and oxygen atoms in total. The highest BCUT2D eigenvalue weighted by Gasteiger charge is 2.12. The largest absolute Gasteiger partial charge is 0.332 e. The first-order valence-electron chi connectivity index (χ1n) is 7.89. The minimum absolute atomic E-state index is 0.354. The summed E-state index contributed by atoms with van der Waals surface area (Å²) < 4.78 is 7.29. The van der Waals surface area contributed by atoms with Crippen LogP contribution in [0.25, 0.3) is 23.0 Å². The molecule has 124 valence electrons. The molecule has 0 saturated carbocycles. The second-order valence-corrected chi connectivity index (χ2v) is 5.80. The van der Waals surface area contributed by atoms with Crippen molar-refractivity contribution in [1.82, 2.24) is 29.9 Å². The second-order valence-electron chi connectivity index (χ2n) is 5.80. The molecule has 25 heavy (non-hydrogen) atoms. The van der Waals surface area contributed by atoms with Crippen molar-refractivity contribution in [3.8, 4) is 23.0 Å². The van der Waals surface area contributed by atoms with Gasteiger partial charge >= 0.3 is 0 Å². The summed E-state index contributed by atoms with van der Waals surface area (Å²) in [5.74, 6) is 0.878. The summed E-state index contributed by atoms with van der Waals surface area (Å²) in [6.45, 7) is 4.74. The van der Waals surface area contributed by atoms with Gasteiger partial charge in [0.25, 0.3) is 5.89 Å². The Balaban J connectivity index is 1.61. The Hall–Kier alpha value is -3.35. The SMILES string of the molecule is Cc1cc(C)n(Cc2cccc(-c3noc(-c4cnccn4)n3)c2)n1. The van der Waals surface area contributed by atoms with E-state index in [9.17, 15) is 0 Å². The summed E-state index contributed by atoms with van der Waals surface area (Å²) in [5, 5.41) is 8.56. The number of aryl methyl sites for hydroxylation is 2. The van der Waals surface area contributed by atoms with Crippen molar-refractivity contribution in [2.24, 2.45) is 0 Å². The molecular weight excluding hydrogens is 316 g/mol. The van der Waals surface area contributed by atoms with Gasteiger partial charge in [0.15, 0.2) is 0 Å². The monoisotopic (exact) mass is 332 g/mol. The van der Waals surface area contributed by atoms with Gasteiger partial charge in [0.2, 0.25) is 5.82 Å². The van der Waals surface area contributed by atoms with Crippen molar-refractivity contribution < 1.29 is 4.52 Å². The Bertz CT molecular complexity index is 1010. The summed E-state index contributed by atoms with van der Waals surface area (Å²) in [7, 11) is 0. The quantitative estimate of drug-likeness (QED) is 0.571. The third-order valence-corrected chi connectivity index (χ3v) is 3.83. The molecule has 4 rings (SSSR count). The minimum Gasteiger partial charge on any atom is -0.332 e. The predicted octanol–water partition coefficient (Wildman–Crippen LogP) is 3.06. The fourth-order valence-corrected chi connectivity index (χ4v) is 2.67. The molecule has 0 radical (unpaired) electrons. The van der Waals surface area contributed by atoms with Gasteiger partial charge in [-0.25, -0.2) is 4.98 Å². The van der Waals surface area contributed by atoms with E-state index in [2.05, 4.69) is 44.3 Å². The Kier molecular flexibility index (Phi) is 3.81. The van der Waals surface area contributed by atoms with Crippen LogP contribution in [0.5, 0.6) is 0 Å². The number of nitrogens with zero attached hydrogens (tertiary/aromatic N) is 6. The first-order chi connectivity index (χ1) is 12.2. The fraction of sp³-hybridized carbons (Fsp3) is 0.167. The van der Waals surface area contributed by atoms with Gasteiger partial charge in [-0.05, 0) is 31.5 Å². The Morgan fingerprint density at radius 2 is 2.04 bits per heavy atom. The molecule has 0 N–H and O–H groups in total. The van der Waals surface area contributed by atoms with Gasteiger partial charge in [0.1, 0.15) is 5.69 Å². The molecular formula is C18H16N6O. The molecule has 3 aromatic heterocycles. The van der Waals surface area contributed by atoms with E-state index in [4.69, 9.17) is 4.52 Å². The van der Waals surface area contributed by atoms with E-state index < -0.39 is 0 Å². The zero-order chi connectivity index (χ0) is 17.2. The van der Waals surface area contributed by atoms with Crippen LogP contribution >= 0.6 is 0 Å². The third kappa shape index (κ3) is 3.16. The van der Waals surface area contributed by atoms with Crippen LogP contribution in [0.15, 0.2) is 53.4 Å². The van der Waals surface area contributed by atoms with Crippen molar-refractivity contribution in [3.63, 3.8) is 0 Å². The minimum atomic E-state index is 0.354. The maximum absolute atomic E-state index is 5.30. The zero-order valence-electron chi connectivity index (χ0n) is 13.9. The molecule has 0 aliphatic rings. The Labute approximate surface area is 144 Å². The number of aromatic nitrogens is 6. The molecule has 3 heterocycles. The van der Waals surface area contributed by atoms with E-state index in [1.54, 1.807) is 18.6 Å². The number of hydrogen-bond acceptors (Lipinski definition) is 6. The van der Waals surface area contributed by atoms with Crippen LogP contribution in [-0.2, 0) is 6.54 Å². The van der Waals surface area contributed by atoms with E-state index in [1.165, 1.54) is 0 Å². The predicted molar refractivity (Wildman–Crippen MR) is 91.6 cm³/mol. The lowest BCUT2D eigenvalue weighted by Crippen LogP contribution is -2.04. The van der Waals surface area contributed by atoms with Gasteiger partial charge in [0.05, 0.1) is 18.4 Å². The van der Waals surface area contributed by atoms with Crippen LogP contribution < -0.4 is 0 Å². The van der Waals surface area contributed by atoms with Crippen molar-refractivity contribution in [2.45, 2.75) is 20.4 Å². The van der Waals surface area contributed by atoms with Crippen LogP contribution in [0.2, 0.25) is 0 Å². The highest BCUT2D eigenvalue weighted by atomic mass is 16.5. The van der Waals surface area contributed by atoms with E-state index in [0.29, 0.717) is 24.0 Å². The van der Waals surface area contributed by atoms with E-state index in [0.717, 1.165) is 22.5 Å². The van der Waals surface area contributed by atoms with Crippen LogP contribution in [0.3, 0.4) is 0 Å². The lowest BCUT2D eigenvalue weighted by atomic mass is 10.1. The van der Waals surface area contributed by atoms with Gasteiger partial charge in [0, 0.05) is 23.7 Å². The molecule has 0 amide bonds. The lowest BCUT2D eigenvalue weighted by molar-refractivity contribution is 0.431. The van der Waals surface area contributed by atoms with Gasteiger partial charge in [-0.3, -0.25) is 9.67 Å². The molecule has 0 saturated heterocycles. The zero-order valence-corrected chi connectivity index (χ0v) is 13.9. The molecule has 0 aliphatic carbocycles. The first-order valence-corrected chi connectivity index (χ1v) is 7.89. The van der Waals surface area contributed by atoms with Gasteiger partial charge in [-0.1, -0.05) is 23.4 Å². The fourth-order valence-electron chi connectivity index (χ4n) is 2.67. The van der Waals surface area contributed by atoms with Crippen LogP contribution in [0.4, 0.5) is 0 Å². The Morgan fingerprint density at radius 1 is 1.12 bits per heavy atom. The average molecular weight is 332 g/mol. The van der Waals surface area contributed by atoms with Crippen LogP contribution in [-0.4, -0.2) is 29.9 Å². The van der Waals surface area contributed by atoms with Crippen molar-refractivity contribution >= 4 is 0 Å². The topological polar surface area (TPSA) is 82.5 Å². The molecule has 1 aromatic carbocycles. The molecule has 0 bridgehead atoms. The smallest absolute Gasteiger partial charge is 0.278 e. The molecule has 0 aliphatic heterocycles. The highest BCUT2D eigenvalue weighted by Crippen LogP contribution is 2.21. The van der Waals surface area contributed by atoms with Gasteiger partial charge in [-0.15, -0.1) is 0 Å². The summed E-state index contributed by atoms with van der Waals surface area (Å²) in [5.41, 5.74) is 4.71. The molecule has 0 spiro atoms. The van der Waals surface area contributed by atoms with E-state index >= 15 is 0 Å². The average Bonchev–Trinajstić information content (AvgIpc) is 3.23.